The minimum Gasteiger partial charge on any atom is -0.479 e. The molecule has 0 aromatic carbocycles. The van der Waals surface area contributed by atoms with Gasteiger partial charge < -0.3 is 39.4 Å². The molecule has 1 rings (SSSR count). The number of carboxylic acids is 1. The Labute approximate surface area is 365 Å². The van der Waals surface area contributed by atoms with Gasteiger partial charge in [-0.3, -0.25) is 9.59 Å². The summed E-state index contributed by atoms with van der Waals surface area (Å²) in [5.74, 6) is -2.44. The number of rotatable bonds is 42. The minimum atomic E-state index is -1.86. The fourth-order valence-corrected chi connectivity index (χ4v) is 7.71. The van der Waals surface area contributed by atoms with Crippen LogP contribution in [0.1, 0.15) is 232 Å². The topological polar surface area (TPSA) is 169 Å². The summed E-state index contributed by atoms with van der Waals surface area (Å²) in [6, 6.07) is 0. The monoisotopic (exact) mass is 855 g/mol. The van der Waals surface area contributed by atoms with Crippen LogP contribution in [0.4, 0.5) is 0 Å². The Morgan fingerprint density at radius 3 is 1.37 bits per heavy atom. The molecule has 11 nitrogen and oxygen atoms in total. The lowest BCUT2D eigenvalue weighted by atomic mass is 9.99. The number of ether oxygens (including phenoxy) is 4. The highest BCUT2D eigenvalue weighted by molar-refractivity contribution is 5.73. The summed E-state index contributed by atoms with van der Waals surface area (Å²) < 4.78 is 21.7. The largest absolute Gasteiger partial charge is 0.479 e. The van der Waals surface area contributed by atoms with Gasteiger partial charge in [0.25, 0.3) is 0 Å². The Kier molecular flexibility index (Phi) is 37.1. The standard InChI is InChI=1S/C49H90O11/c1-3-5-7-9-11-13-15-16-17-18-19-20-21-22-23-24-25-26-27-28-30-32-34-36-38-43(51)59-41(40-58-49-46(54)44(52)45(53)47(60-49)48(55)56)39-57-42(50)37-35-33-31-29-14-12-10-8-6-4-2/h8,10,41,44-47,49,52-54H,3-7,9,11-40H2,1-2H3,(H,55,56)/b10-8-. The van der Waals surface area contributed by atoms with Crippen molar-refractivity contribution in [1.29, 1.82) is 0 Å². The SMILES string of the molecule is CCC/C=C\CCCCCCCC(=O)OCC(COC1OC(C(=O)O)C(O)C(O)C1O)OC(=O)CCCCCCCCCCCCCCCCCCCCCCCCCC. The van der Waals surface area contributed by atoms with Crippen molar-refractivity contribution in [3.8, 4) is 0 Å². The first kappa shape index (κ1) is 56.0. The molecule has 60 heavy (non-hydrogen) atoms. The molecule has 1 aliphatic heterocycles. The average Bonchev–Trinajstić information content (AvgIpc) is 3.23. The molecule has 0 bridgehead atoms. The second kappa shape index (κ2) is 39.8. The number of hydrogen-bond acceptors (Lipinski definition) is 10. The van der Waals surface area contributed by atoms with Crippen LogP contribution in [0, 0.1) is 0 Å². The quantitative estimate of drug-likeness (QED) is 0.0262. The molecule has 0 aliphatic carbocycles. The van der Waals surface area contributed by atoms with E-state index in [0.717, 1.165) is 64.2 Å². The van der Waals surface area contributed by atoms with Gasteiger partial charge in [0, 0.05) is 12.8 Å². The van der Waals surface area contributed by atoms with E-state index in [-0.39, 0.29) is 26.1 Å². The van der Waals surface area contributed by atoms with Gasteiger partial charge in [-0.05, 0) is 32.1 Å². The number of allylic oxidation sites excluding steroid dienone is 2. The van der Waals surface area contributed by atoms with E-state index in [2.05, 4.69) is 26.0 Å². The lowest BCUT2D eigenvalue weighted by Gasteiger charge is -2.38. The molecule has 1 fully saturated rings. The highest BCUT2D eigenvalue weighted by Crippen LogP contribution is 2.23. The Morgan fingerprint density at radius 2 is 0.917 bits per heavy atom. The minimum absolute atomic E-state index is 0.187. The molecule has 6 atom stereocenters. The van der Waals surface area contributed by atoms with E-state index in [1.807, 2.05) is 0 Å². The van der Waals surface area contributed by atoms with Crippen LogP contribution in [0.5, 0.6) is 0 Å². The van der Waals surface area contributed by atoms with Gasteiger partial charge in [0.05, 0.1) is 6.61 Å². The first-order chi connectivity index (χ1) is 29.2. The maximum Gasteiger partial charge on any atom is 0.335 e. The smallest absolute Gasteiger partial charge is 0.335 e. The number of hydrogen-bond donors (Lipinski definition) is 4. The number of carbonyl (C=O) groups excluding carboxylic acids is 2. The lowest BCUT2D eigenvalue weighted by molar-refractivity contribution is -0.298. The van der Waals surface area contributed by atoms with E-state index in [0.29, 0.717) is 12.8 Å². The molecule has 1 aliphatic rings. The Hall–Kier alpha value is -2.05. The van der Waals surface area contributed by atoms with Crippen molar-refractivity contribution in [1.82, 2.24) is 0 Å². The van der Waals surface area contributed by atoms with Crippen molar-refractivity contribution in [2.45, 2.75) is 269 Å². The molecular weight excluding hydrogens is 765 g/mol. The summed E-state index contributed by atoms with van der Waals surface area (Å²) in [5, 5.41) is 39.8. The van der Waals surface area contributed by atoms with E-state index in [4.69, 9.17) is 18.9 Å². The van der Waals surface area contributed by atoms with Crippen LogP contribution in [0.25, 0.3) is 0 Å². The number of aliphatic hydroxyl groups excluding tert-OH is 3. The zero-order valence-electron chi connectivity index (χ0n) is 38.2. The summed E-state index contributed by atoms with van der Waals surface area (Å²) in [5.41, 5.74) is 0. The van der Waals surface area contributed by atoms with Gasteiger partial charge in [0.2, 0.25) is 0 Å². The molecule has 0 radical (unpaired) electrons. The molecule has 0 saturated carbocycles. The maximum absolute atomic E-state index is 12.8. The van der Waals surface area contributed by atoms with Crippen LogP contribution in [0.3, 0.4) is 0 Å². The van der Waals surface area contributed by atoms with Crippen LogP contribution >= 0.6 is 0 Å². The van der Waals surface area contributed by atoms with Gasteiger partial charge in [0.1, 0.15) is 24.9 Å². The van der Waals surface area contributed by atoms with Gasteiger partial charge in [-0.2, -0.15) is 0 Å². The van der Waals surface area contributed by atoms with Crippen molar-refractivity contribution in [3.63, 3.8) is 0 Å². The normalized spacial score (nSPS) is 19.8. The first-order valence-corrected chi connectivity index (χ1v) is 24.7. The number of esters is 2. The molecular formula is C49H90O11. The summed E-state index contributed by atoms with van der Waals surface area (Å²) in [6.07, 6.45) is 34.3. The lowest BCUT2D eigenvalue weighted by Crippen LogP contribution is -2.60. The fourth-order valence-electron chi connectivity index (χ4n) is 7.71. The molecule has 0 aromatic rings. The maximum atomic E-state index is 12.8. The molecule has 0 spiro atoms. The van der Waals surface area contributed by atoms with Crippen LogP contribution in [-0.2, 0) is 33.3 Å². The summed E-state index contributed by atoms with van der Waals surface area (Å²) in [7, 11) is 0. The van der Waals surface area contributed by atoms with Crippen LogP contribution in [0.2, 0.25) is 0 Å². The van der Waals surface area contributed by atoms with Crippen molar-refractivity contribution in [2.24, 2.45) is 0 Å². The first-order valence-electron chi connectivity index (χ1n) is 24.7. The Morgan fingerprint density at radius 1 is 0.500 bits per heavy atom. The van der Waals surface area contributed by atoms with E-state index in [1.165, 1.54) is 128 Å². The van der Waals surface area contributed by atoms with E-state index in [1.54, 1.807) is 0 Å². The summed E-state index contributed by atoms with van der Waals surface area (Å²) in [4.78, 5) is 36.8. The van der Waals surface area contributed by atoms with Crippen molar-refractivity contribution >= 4 is 17.9 Å². The van der Waals surface area contributed by atoms with Crippen molar-refractivity contribution in [3.05, 3.63) is 12.2 Å². The highest BCUT2D eigenvalue weighted by Gasteiger charge is 2.47. The van der Waals surface area contributed by atoms with Gasteiger partial charge in [-0.15, -0.1) is 0 Å². The van der Waals surface area contributed by atoms with Gasteiger partial charge in [-0.25, -0.2) is 4.79 Å². The Bertz CT molecular complexity index is 1050. The molecule has 1 heterocycles. The number of carbonyl (C=O) groups is 3. The fraction of sp³-hybridized carbons (Fsp3) is 0.898. The van der Waals surface area contributed by atoms with Crippen molar-refractivity contribution < 1.29 is 53.8 Å². The third-order valence-corrected chi connectivity index (χ3v) is 11.6. The zero-order chi connectivity index (χ0) is 43.9. The molecule has 1 saturated heterocycles. The molecule has 0 amide bonds. The average molecular weight is 855 g/mol. The van der Waals surface area contributed by atoms with Crippen LogP contribution in [-0.4, -0.2) is 88.4 Å². The van der Waals surface area contributed by atoms with Gasteiger partial charge in [-0.1, -0.05) is 199 Å². The Balaban J connectivity index is 2.23. The van der Waals surface area contributed by atoms with Gasteiger partial charge in [0.15, 0.2) is 18.5 Å². The summed E-state index contributed by atoms with van der Waals surface area (Å²) >= 11 is 0. The molecule has 6 unspecified atom stereocenters. The third kappa shape index (κ3) is 30.9. The third-order valence-electron chi connectivity index (χ3n) is 11.6. The molecule has 11 heteroatoms. The van der Waals surface area contributed by atoms with Crippen LogP contribution in [0.15, 0.2) is 12.2 Å². The second-order valence-electron chi connectivity index (χ2n) is 17.3. The number of carboxylic acid groups (broad SMARTS) is 1. The van der Waals surface area contributed by atoms with Gasteiger partial charge >= 0.3 is 17.9 Å². The van der Waals surface area contributed by atoms with Crippen molar-refractivity contribution in [2.75, 3.05) is 13.2 Å². The summed E-state index contributed by atoms with van der Waals surface area (Å²) in [6.45, 7) is 3.77. The molecule has 352 valence electrons. The predicted octanol–water partition coefficient (Wildman–Crippen LogP) is 11.2. The number of aliphatic carboxylic acids is 1. The van der Waals surface area contributed by atoms with E-state index < -0.39 is 54.7 Å². The van der Waals surface area contributed by atoms with E-state index >= 15 is 0 Å². The van der Waals surface area contributed by atoms with E-state index in [9.17, 15) is 34.8 Å². The molecule has 0 aromatic heterocycles. The number of aliphatic hydroxyl groups is 3. The predicted molar refractivity (Wildman–Crippen MR) is 239 cm³/mol. The second-order valence-corrected chi connectivity index (χ2v) is 17.3. The number of unbranched alkanes of at least 4 members (excludes halogenated alkanes) is 29. The zero-order valence-corrected chi connectivity index (χ0v) is 38.2. The van der Waals surface area contributed by atoms with Crippen LogP contribution < -0.4 is 0 Å². The highest BCUT2D eigenvalue weighted by atomic mass is 16.7. The molecule has 4 N–H and O–H groups in total.